The highest BCUT2D eigenvalue weighted by Gasteiger charge is 2.42. The topological polar surface area (TPSA) is 0 Å². The van der Waals surface area contributed by atoms with Crippen LogP contribution in [0.5, 0.6) is 0 Å². The van der Waals surface area contributed by atoms with Crippen LogP contribution in [0.2, 0.25) is 0 Å². The molecular formula is C28H22F12. The van der Waals surface area contributed by atoms with Crippen molar-refractivity contribution in [1.82, 2.24) is 0 Å². The van der Waals surface area contributed by atoms with Crippen LogP contribution in [0.15, 0.2) is 0 Å². The van der Waals surface area contributed by atoms with Crippen molar-refractivity contribution in [3.05, 3.63) is 103 Å². The largest absolute Gasteiger partial charge is 0.206 e. The van der Waals surface area contributed by atoms with Crippen LogP contribution in [0.3, 0.4) is 0 Å². The van der Waals surface area contributed by atoms with E-state index >= 15 is 26.3 Å². The molecule has 0 heterocycles. The van der Waals surface area contributed by atoms with E-state index in [0.29, 0.717) is 0 Å². The molecule has 0 aliphatic rings. The third kappa shape index (κ3) is 4.62. The van der Waals surface area contributed by atoms with Crippen molar-refractivity contribution in [3.63, 3.8) is 0 Å². The number of hydrogen-bond donors (Lipinski definition) is 0. The van der Waals surface area contributed by atoms with Gasteiger partial charge in [-0.3, -0.25) is 0 Å². The molecule has 40 heavy (non-hydrogen) atoms. The monoisotopic (exact) mass is 586 g/mol. The molecule has 0 saturated heterocycles. The smallest absolute Gasteiger partial charge is 0.195 e. The van der Waals surface area contributed by atoms with Gasteiger partial charge in [0.1, 0.15) is 5.82 Å². The van der Waals surface area contributed by atoms with Crippen molar-refractivity contribution in [2.45, 2.75) is 65.2 Å². The van der Waals surface area contributed by atoms with Crippen LogP contribution < -0.4 is 0 Å². The first-order valence-corrected chi connectivity index (χ1v) is 12.0. The van der Waals surface area contributed by atoms with E-state index in [1.807, 2.05) is 0 Å². The minimum Gasteiger partial charge on any atom is -0.206 e. The highest BCUT2D eigenvalue weighted by atomic mass is 19.2. The Kier molecular flexibility index (Phi) is 8.62. The molecule has 218 valence electrons. The van der Waals surface area contributed by atoms with Crippen molar-refractivity contribution in [2.75, 3.05) is 0 Å². The van der Waals surface area contributed by atoms with Gasteiger partial charge < -0.3 is 0 Å². The van der Waals surface area contributed by atoms with Gasteiger partial charge in [-0.15, -0.1) is 0 Å². The summed E-state index contributed by atoms with van der Waals surface area (Å²) in [6.07, 6.45) is 0. The molecule has 0 unspecified atom stereocenters. The first kappa shape index (κ1) is 31.3. The fraction of sp³-hybridized carbons (Fsp3) is 0.357. The molecule has 12 heteroatoms. The molecule has 0 aromatic heterocycles. The van der Waals surface area contributed by atoms with Crippen molar-refractivity contribution >= 4 is 0 Å². The zero-order valence-electron chi connectivity index (χ0n) is 21.8. The Labute approximate surface area is 221 Å². The molecule has 0 saturated carbocycles. The third-order valence-corrected chi connectivity index (χ3v) is 6.59. The molecule has 0 radical (unpaired) electrons. The van der Waals surface area contributed by atoms with Gasteiger partial charge >= 0.3 is 0 Å². The SMILES string of the molecule is CC(C)c1c(F)c(F)c(C(c2c(F)c(F)c(C(C)C)c(F)c2F)c2c(F)c(F)c(F)c(C(C)C)c2F)c(F)c1F. The molecule has 3 rings (SSSR count). The molecule has 0 fully saturated rings. The van der Waals surface area contributed by atoms with Crippen LogP contribution in [-0.4, -0.2) is 0 Å². The molecule has 0 N–H and O–H groups in total. The quantitative estimate of drug-likeness (QED) is 0.117. The molecule has 0 bridgehead atoms. The minimum atomic E-state index is -3.41. The normalized spacial score (nSPS) is 12.2. The highest BCUT2D eigenvalue weighted by molar-refractivity contribution is 5.51. The van der Waals surface area contributed by atoms with Crippen LogP contribution in [0.1, 0.15) is 98.6 Å². The zero-order chi connectivity index (χ0) is 30.7. The lowest BCUT2D eigenvalue weighted by molar-refractivity contribution is 0.385. The van der Waals surface area contributed by atoms with Crippen LogP contribution in [-0.2, 0) is 0 Å². The number of rotatable bonds is 6. The van der Waals surface area contributed by atoms with Gasteiger partial charge in [0.15, 0.2) is 64.0 Å². The summed E-state index contributed by atoms with van der Waals surface area (Å²) in [6, 6.07) is 0. The molecule has 0 nitrogen and oxygen atoms in total. The number of benzene rings is 3. The van der Waals surface area contributed by atoms with E-state index < -0.39 is 127 Å². The predicted octanol–water partition coefficient (Wildman–Crippen LogP) is 9.91. The van der Waals surface area contributed by atoms with Crippen molar-refractivity contribution in [2.24, 2.45) is 0 Å². The maximum atomic E-state index is 15.7. The number of hydrogen-bond acceptors (Lipinski definition) is 0. The van der Waals surface area contributed by atoms with Crippen LogP contribution in [0, 0.1) is 69.8 Å². The molecule has 3 aromatic rings. The molecule has 0 amide bonds. The Balaban J connectivity index is 2.72. The summed E-state index contributed by atoms with van der Waals surface area (Å²) in [5, 5.41) is 0. The van der Waals surface area contributed by atoms with E-state index in [4.69, 9.17) is 0 Å². The van der Waals surface area contributed by atoms with E-state index in [2.05, 4.69) is 0 Å². The van der Waals surface area contributed by atoms with E-state index in [9.17, 15) is 26.3 Å². The second-order valence-electron chi connectivity index (χ2n) is 10.1. The van der Waals surface area contributed by atoms with Gasteiger partial charge in [-0.1, -0.05) is 41.5 Å². The molecule has 3 aromatic carbocycles. The third-order valence-electron chi connectivity index (χ3n) is 6.59. The van der Waals surface area contributed by atoms with Crippen molar-refractivity contribution < 1.29 is 52.7 Å². The summed E-state index contributed by atoms with van der Waals surface area (Å²) < 4.78 is 182. The molecular weight excluding hydrogens is 564 g/mol. The highest BCUT2D eigenvalue weighted by Crippen LogP contribution is 2.46. The average Bonchev–Trinajstić information content (AvgIpc) is 2.84. The Morgan fingerprint density at radius 2 is 0.425 bits per heavy atom. The van der Waals surface area contributed by atoms with Gasteiger partial charge in [0, 0.05) is 33.4 Å². The van der Waals surface area contributed by atoms with E-state index in [-0.39, 0.29) is 0 Å². The Hall–Kier alpha value is -3.18. The Morgan fingerprint density at radius 1 is 0.250 bits per heavy atom. The number of halogens is 12. The minimum absolute atomic E-state index is 1.06. The molecule has 0 aliphatic heterocycles. The summed E-state index contributed by atoms with van der Waals surface area (Å²) in [5.74, 6) is -34.9. The van der Waals surface area contributed by atoms with Gasteiger partial charge in [-0.25, -0.2) is 52.7 Å². The average molecular weight is 586 g/mol. The van der Waals surface area contributed by atoms with E-state index in [1.165, 1.54) is 0 Å². The van der Waals surface area contributed by atoms with Crippen molar-refractivity contribution in [1.29, 1.82) is 0 Å². The molecule has 0 atom stereocenters. The van der Waals surface area contributed by atoms with E-state index in [0.717, 1.165) is 41.5 Å². The maximum absolute atomic E-state index is 15.7. The fourth-order valence-electron chi connectivity index (χ4n) is 4.72. The maximum Gasteiger partial charge on any atom is 0.195 e. The molecule has 0 aliphatic carbocycles. The Morgan fingerprint density at radius 3 is 0.700 bits per heavy atom. The summed E-state index contributed by atoms with van der Waals surface area (Å²) in [6.45, 7) is 6.55. The summed E-state index contributed by atoms with van der Waals surface area (Å²) in [4.78, 5) is 0. The summed E-state index contributed by atoms with van der Waals surface area (Å²) >= 11 is 0. The predicted molar refractivity (Wildman–Crippen MR) is 122 cm³/mol. The fourth-order valence-corrected chi connectivity index (χ4v) is 4.72. The first-order chi connectivity index (χ1) is 18.4. The second-order valence-corrected chi connectivity index (χ2v) is 10.1. The lowest BCUT2D eigenvalue weighted by Crippen LogP contribution is -2.23. The standard InChI is InChI=1S/C28H22F12/c1-7(2)10-17(29)14(27(39)28(40)22(10)34)13(15-23(35)18(30)11(8(3)4)19(31)24(15)36)16-25(37)20(32)12(9(5)6)21(33)26(16)38/h7-9,13H,1-6H3. The molecule has 0 spiro atoms. The van der Waals surface area contributed by atoms with Gasteiger partial charge in [-0.2, -0.15) is 0 Å². The van der Waals surface area contributed by atoms with Gasteiger partial charge in [0.2, 0.25) is 0 Å². The first-order valence-electron chi connectivity index (χ1n) is 12.0. The summed E-state index contributed by atoms with van der Waals surface area (Å²) in [5.41, 5.74) is -10.00. The lowest BCUT2D eigenvalue weighted by atomic mass is 9.79. The van der Waals surface area contributed by atoms with Crippen molar-refractivity contribution in [3.8, 4) is 0 Å². The van der Waals surface area contributed by atoms with Crippen LogP contribution >= 0.6 is 0 Å². The van der Waals surface area contributed by atoms with E-state index in [1.54, 1.807) is 0 Å². The van der Waals surface area contributed by atoms with Gasteiger partial charge in [-0.05, 0) is 17.8 Å². The lowest BCUT2D eigenvalue weighted by Gasteiger charge is -2.26. The second kappa shape index (κ2) is 11.0. The summed E-state index contributed by atoms with van der Waals surface area (Å²) in [7, 11) is 0. The van der Waals surface area contributed by atoms with Crippen LogP contribution in [0.25, 0.3) is 0 Å². The van der Waals surface area contributed by atoms with Gasteiger partial charge in [0.25, 0.3) is 0 Å². The van der Waals surface area contributed by atoms with Gasteiger partial charge in [0.05, 0.1) is 5.92 Å². The van der Waals surface area contributed by atoms with Crippen LogP contribution in [0.4, 0.5) is 52.7 Å². The Bertz CT molecular complexity index is 1370. The zero-order valence-corrected chi connectivity index (χ0v) is 21.8.